The van der Waals surface area contributed by atoms with Crippen LogP contribution in [0.2, 0.25) is 0 Å². The van der Waals surface area contributed by atoms with Crippen molar-refractivity contribution in [3.05, 3.63) is 52.0 Å². The lowest BCUT2D eigenvalue weighted by Gasteiger charge is -2.06. The van der Waals surface area contributed by atoms with Crippen LogP contribution in [0.5, 0.6) is 0 Å². The highest BCUT2D eigenvalue weighted by Gasteiger charge is 2.12. The van der Waals surface area contributed by atoms with Crippen molar-refractivity contribution in [1.29, 1.82) is 0 Å². The van der Waals surface area contributed by atoms with Crippen LogP contribution in [-0.2, 0) is 13.6 Å². The van der Waals surface area contributed by atoms with E-state index in [0.717, 1.165) is 0 Å². The van der Waals surface area contributed by atoms with Gasteiger partial charge in [-0.15, -0.1) is 0 Å². The lowest BCUT2D eigenvalue weighted by Crippen LogP contribution is -2.24. The molecule has 0 saturated carbocycles. The number of hydrogen-bond donors (Lipinski definition) is 1. The molecule has 1 heterocycles. The highest BCUT2D eigenvalue weighted by molar-refractivity contribution is 7.80. The zero-order valence-corrected chi connectivity index (χ0v) is 10.4. The molecular formula is C11H11FN4OS. The van der Waals surface area contributed by atoms with Crippen molar-refractivity contribution in [2.75, 3.05) is 0 Å². The smallest absolute Gasteiger partial charge is 0.345 e. The molecule has 0 radical (unpaired) electrons. The Hall–Kier alpha value is -2.02. The molecule has 0 bridgehead atoms. The first-order valence-corrected chi connectivity index (χ1v) is 5.57. The topological polar surface area (TPSA) is 65.8 Å². The molecule has 0 unspecified atom stereocenters. The van der Waals surface area contributed by atoms with Gasteiger partial charge in [0, 0.05) is 18.2 Å². The maximum Gasteiger partial charge on any atom is 0.345 e. The quantitative estimate of drug-likeness (QED) is 0.817. The zero-order valence-electron chi connectivity index (χ0n) is 9.63. The van der Waals surface area contributed by atoms with Crippen LogP contribution in [0, 0.1) is 5.82 Å². The second kappa shape index (κ2) is 4.69. The van der Waals surface area contributed by atoms with E-state index in [9.17, 15) is 9.18 Å². The number of rotatable bonds is 3. The van der Waals surface area contributed by atoms with Gasteiger partial charge in [-0.25, -0.2) is 13.9 Å². The van der Waals surface area contributed by atoms with Crippen LogP contribution >= 0.6 is 12.2 Å². The number of nitrogens with two attached hydrogens (primary N) is 1. The van der Waals surface area contributed by atoms with Gasteiger partial charge in [0.1, 0.15) is 17.1 Å². The minimum Gasteiger partial charge on any atom is -0.389 e. The fourth-order valence-electron chi connectivity index (χ4n) is 1.58. The summed E-state index contributed by atoms with van der Waals surface area (Å²) in [5.74, 6) is -0.512. The van der Waals surface area contributed by atoms with E-state index in [1.54, 1.807) is 19.2 Å². The molecule has 7 heteroatoms. The number of thiocarbonyl (C=S) groups is 1. The number of benzene rings is 1. The van der Waals surface area contributed by atoms with Crippen molar-refractivity contribution in [3.8, 4) is 0 Å². The number of aromatic nitrogens is 3. The average Bonchev–Trinajstić information content (AvgIpc) is 2.63. The zero-order chi connectivity index (χ0) is 13.3. The molecule has 2 aromatic rings. The molecule has 0 spiro atoms. The molecule has 2 rings (SSSR count). The molecule has 5 nitrogen and oxygen atoms in total. The molecule has 94 valence electrons. The van der Waals surface area contributed by atoms with E-state index in [0.29, 0.717) is 5.56 Å². The van der Waals surface area contributed by atoms with E-state index in [4.69, 9.17) is 18.0 Å². The molecule has 0 fully saturated rings. The number of hydrogen-bond acceptors (Lipinski definition) is 3. The van der Waals surface area contributed by atoms with Gasteiger partial charge < -0.3 is 5.73 Å². The lowest BCUT2D eigenvalue weighted by atomic mass is 10.1. The standard InChI is InChI=1S/C11H11FN4OS/c1-15-6-14-16(11(15)17)5-7-3-2-4-8(9(7)12)10(13)18/h2-4,6H,5H2,1H3,(H2,13,18). The minimum absolute atomic E-state index is 0.0114. The fraction of sp³-hybridized carbons (Fsp3) is 0.182. The van der Waals surface area contributed by atoms with Gasteiger partial charge in [0.15, 0.2) is 0 Å². The average molecular weight is 266 g/mol. The molecule has 18 heavy (non-hydrogen) atoms. The van der Waals surface area contributed by atoms with Crippen LogP contribution in [-0.4, -0.2) is 19.3 Å². The van der Waals surface area contributed by atoms with Crippen LogP contribution in [0.25, 0.3) is 0 Å². The van der Waals surface area contributed by atoms with Gasteiger partial charge in [0.25, 0.3) is 0 Å². The third kappa shape index (κ3) is 2.17. The fourth-order valence-corrected chi connectivity index (χ4v) is 1.74. The summed E-state index contributed by atoms with van der Waals surface area (Å²) in [5.41, 5.74) is 5.60. The Morgan fingerprint density at radius 3 is 2.83 bits per heavy atom. The number of aryl methyl sites for hydroxylation is 1. The van der Waals surface area contributed by atoms with Crippen molar-refractivity contribution >= 4 is 17.2 Å². The maximum absolute atomic E-state index is 14.0. The highest BCUT2D eigenvalue weighted by Crippen LogP contribution is 2.13. The lowest BCUT2D eigenvalue weighted by molar-refractivity contribution is 0.573. The van der Waals surface area contributed by atoms with Gasteiger partial charge >= 0.3 is 5.69 Å². The number of halogens is 1. The summed E-state index contributed by atoms with van der Waals surface area (Å²) < 4.78 is 16.5. The van der Waals surface area contributed by atoms with Crippen molar-refractivity contribution in [3.63, 3.8) is 0 Å². The summed E-state index contributed by atoms with van der Waals surface area (Å²) in [6, 6.07) is 4.71. The summed E-state index contributed by atoms with van der Waals surface area (Å²) in [4.78, 5) is 11.6. The van der Waals surface area contributed by atoms with Crippen LogP contribution in [0.15, 0.2) is 29.3 Å². The van der Waals surface area contributed by atoms with E-state index in [1.165, 1.54) is 21.6 Å². The summed E-state index contributed by atoms with van der Waals surface area (Å²) in [7, 11) is 1.58. The molecule has 1 aromatic heterocycles. The Balaban J connectivity index is 2.41. The van der Waals surface area contributed by atoms with Crippen LogP contribution in [0.3, 0.4) is 0 Å². The first kappa shape index (κ1) is 12.4. The largest absolute Gasteiger partial charge is 0.389 e. The highest BCUT2D eigenvalue weighted by atomic mass is 32.1. The molecule has 0 saturated heterocycles. The first-order valence-electron chi connectivity index (χ1n) is 5.16. The second-order valence-electron chi connectivity index (χ2n) is 3.82. The van der Waals surface area contributed by atoms with E-state index >= 15 is 0 Å². The van der Waals surface area contributed by atoms with Crippen molar-refractivity contribution in [2.24, 2.45) is 12.8 Å². The van der Waals surface area contributed by atoms with Gasteiger partial charge in [0.2, 0.25) is 0 Å². The van der Waals surface area contributed by atoms with Crippen LogP contribution in [0.4, 0.5) is 4.39 Å². The third-order valence-corrected chi connectivity index (χ3v) is 2.77. The molecular weight excluding hydrogens is 255 g/mol. The molecule has 0 aliphatic heterocycles. The predicted octanol–water partition coefficient (Wildman–Crippen LogP) is 0.403. The normalized spacial score (nSPS) is 10.6. The van der Waals surface area contributed by atoms with Crippen molar-refractivity contribution in [2.45, 2.75) is 6.54 Å². The van der Waals surface area contributed by atoms with Crippen LogP contribution in [0.1, 0.15) is 11.1 Å². The molecule has 1 aromatic carbocycles. The predicted molar refractivity (Wildman–Crippen MR) is 68.9 cm³/mol. The van der Waals surface area contributed by atoms with Crippen molar-refractivity contribution < 1.29 is 4.39 Å². The molecule has 0 aliphatic rings. The molecule has 0 amide bonds. The summed E-state index contributed by atoms with van der Waals surface area (Å²) in [5, 5.41) is 3.86. The van der Waals surface area contributed by atoms with Crippen molar-refractivity contribution in [1.82, 2.24) is 14.3 Å². The minimum atomic E-state index is -0.512. The Labute approximate surface area is 108 Å². The van der Waals surface area contributed by atoms with Gasteiger partial charge in [-0.1, -0.05) is 24.4 Å². The Kier molecular flexibility index (Phi) is 3.24. The molecule has 0 aliphatic carbocycles. The summed E-state index contributed by atoms with van der Waals surface area (Å²) in [6.07, 6.45) is 1.37. The van der Waals surface area contributed by atoms with Gasteiger partial charge in [-0.2, -0.15) is 5.10 Å². The van der Waals surface area contributed by atoms with Crippen LogP contribution < -0.4 is 11.4 Å². The molecule has 2 N–H and O–H groups in total. The van der Waals surface area contributed by atoms with E-state index in [-0.39, 0.29) is 22.8 Å². The maximum atomic E-state index is 14.0. The summed E-state index contributed by atoms with van der Waals surface area (Å²) >= 11 is 4.75. The Morgan fingerprint density at radius 2 is 2.28 bits per heavy atom. The van der Waals surface area contributed by atoms with E-state index in [1.807, 2.05) is 0 Å². The van der Waals surface area contributed by atoms with E-state index in [2.05, 4.69) is 5.10 Å². The third-order valence-electron chi connectivity index (χ3n) is 2.55. The first-order chi connectivity index (χ1) is 8.50. The SMILES string of the molecule is Cn1cnn(Cc2cccc(C(N)=S)c2F)c1=O. The number of nitrogens with zero attached hydrogens (tertiary/aromatic N) is 3. The van der Waals surface area contributed by atoms with Gasteiger partial charge in [0.05, 0.1) is 6.54 Å². The molecule has 0 atom stereocenters. The second-order valence-corrected chi connectivity index (χ2v) is 4.26. The monoisotopic (exact) mass is 266 g/mol. The Morgan fingerprint density at radius 1 is 1.56 bits per heavy atom. The van der Waals surface area contributed by atoms with Gasteiger partial charge in [-0.05, 0) is 6.07 Å². The van der Waals surface area contributed by atoms with Gasteiger partial charge in [-0.3, -0.25) is 4.57 Å². The summed E-state index contributed by atoms with van der Waals surface area (Å²) in [6.45, 7) is 0.0436. The Bertz CT molecular complexity index is 661. The van der Waals surface area contributed by atoms with E-state index < -0.39 is 5.82 Å².